The lowest BCUT2D eigenvalue weighted by molar-refractivity contribution is 0.494. The van der Waals surface area contributed by atoms with Crippen molar-refractivity contribution in [2.75, 3.05) is 11.1 Å². The van der Waals surface area contributed by atoms with E-state index in [1.807, 2.05) is 12.1 Å². The van der Waals surface area contributed by atoms with E-state index in [9.17, 15) is 0 Å². The Kier molecular flexibility index (Phi) is 2.10. The van der Waals surface area contributed by atoms with Gasteiger partial charge in [-0.1, -0.05) is 0 Å². The first-order chi connectivity index (χ1) is 6.58. The Labute approximate surface area is 84.7 Å². The number of nitrogens with one attached hydrogen (secondary N) is 1. The Morgan fingerprint density at radius 1 is 1.50 bits per heavy atom. The fraction of sp³-hybridized carbons (Fsp3) is 0.545. The number of anilines is 2. The highest BCUT2D eigenvalue weighted by Gasteiger charge is 2.37. The van der Waals surface area contributed by atoms with E-state index in [2.05, 4.69) is 24.1 Å². The third-order valence-electron chi connectivity index (χ3n) is 2.85. The van der Waals surface area contributed by atoms with Crippen molar-refractivity contribution < 1.29 is 0 Å². The first-order valence-electron chi connectivity index (χ1n) is 5.08. The highest BCUT2D eigenvalue weighted by Crippen LogP contribution is 2.41. The van der Waals surface area contributed by atoms with E-state index in [1.54, 1.807) is 6.20 Å². The standard InChI is InChI=1S/C11H17N3/c1-11(2,8-3-4-8)14-9-5-6-13-10(12)7-9/h5-8H,3-4H2,1-2H3,(H3,12,13,14). The summed E-state index contributed by atoms with van der Waals surface area (Å²) in [5.41, 5.74) is 6.86. The molecule has 0 amide bonds. The van der Waals surface area contributed by atoms with Crippen LogP contribution in [0.2, 0.25) is 0 Å². The van der Waals surface area contributed by atoms with Crippen molar-refractivity contribution >= 4 is 11.5 Å². The van der Waals surface area contributed by atoms with E-state index < -0.39 is 0 Å². The van der Waals surface area contributed by atoms with Crippen LogP contribution in [-0.2, 0) is 0 Å². The van der Waals surface area contributed by atoms with Crippen LogP contribution in [0, 0.1) is 5.92 Å². The average molecular weight is 191 g/mol. The quantitative estimate of drug-likeness (QED) is 0.770. The predicted octanol–water partition coefficient (Wildman–Crippen LogP) is 2.26. The minimum absolute atomic E-state index is 0.174. The smallest absolute Gasteiger partial charge is 0.125 e. The number of pyridine rings is 1. The highest BCUT2D eigenvalue weighted by atomic mass is 15.0. The lowest BCUT2D eigenvalue weighted by atomic mass is 9.98. The van der Waals surface area contributed by atoms with Gasteiger partial charge in [0.25, 0.3) is 0 Å². The molecule has 2 rings (SSSR count). The minimum Gasteiger partial charge on any atom is -0.384 e. The van der Waals surface area contributed by atoms with E-state index >= 15 is 0 Å². The van der Waals surface area contributed by atoms with Crippen LogP contribution in [0.4, 0.5) is 11.5 Å². The van der Waals surface area contributed by atoms with E-state index in [1.165, 1.54) is 12.8 Å². The third kappa shape index (κ3) is 1.97. The molecule has 0 unspecified atom stereocenters. The molecule has 0 bridgehead atoms. The second-order valence-electron chi connectivity index (χ2n) is 4.59. The molecule has 3 nitrogen and oxygen atoms in total. The van der Waals surface area contributed by atoms with Gasteiger partial charge in [-0.05, 0) is 38.7 Å². The maximum absolute atomic E-state index is 5.62. The first kappa shape index (κ1) is 9.31. The van der Waals surface area contributed by atoms with Crippen LogP contribution in [0.3, 0.4) is 0 Å². The van der Waals surface area contributed by atoms with Gasteiger partial charge in [0.1, 0.15) is 5.82 Å². The average Bonchev–Trinajstić information content (AvgIpc) is 2.84. The van der Waals surface area contributed by atoms with Gasteiger partial charge in [0.2, 0.25) is 0 Å². The van der Waals surface area contributed by atoms with Gasteiger partial charge >= 0.3 is 0 Å². The van der Waals surface area contributed by atoms with Crippen LogP contribution in [0.15, 0.2) is 18.3 Å². The molecule has 1 aliphatic carbocycles. The summed E-state index contributed by atoms with van der Waals surface area (Å²) in [7, 11) is 0. The number of hydrogen-bond donors (Lipinski definition) is 2. The number of nitrogen functional groups attached to an aromatic ring is 1. The summed E-state index contributed by atoms with van der Waals surface area (Å²) in [6, 6.07) is 3.84. The summed E-state index contributed by atoms with van der Waals surface area (Å²) in [5.74, 6) is 1.37. The number of nitrogens with two attached hydrogens (primary N) is 1. The molecule has 3 heteroatoms. The molecule has 0 saturated heterocycles. The topological polar surface area (TPSA) is 50.9 Å². The van der Waals surface area contributed by atoms with Crippen molar-refractivity contribution in [2.24, 2.45) is 5.92 Å². The first-order valence-corrected chi connectivity index (χ1v) is 5.08. The number of aromatic nitrogens is 1. The highest BCUT2D eigenvalue weighted by molar-refractivity contribution is 5.51. The summed E-state index contributed by atoms with van der Waals surface area (Å²) in [6.45, 7) is 4.47. The summed E-state index contributed by atoms with van der Waals surface area (Å²) in [4.78, 5) is 3.97. The van der Waals surface area contributed by atoms with Gasteiger partial charge in [0, 0.05) is 23.5 Å². The van der Waals surface area contributed by atoms with Crippen molar-refractivity contribution in [3.63, 3.8) is 0 Å². The normalized spacial score (nSPS) is 16.7. The molecule has 0 aliphatic heterocycles. The lowest BCUT2D eigenvalue weighted by Gasteiger charge is -2.27. The maximum Gasteiger partial charge on any atom is 0.125 e. The zero-order valence-electron chi connectivity index (χ0n) is 8.75. The molecule has 76 valence electrons. The van der Waals surface area contributed by atoms with Gasteiger partial charge in [0.05, 0.1) is 0 Å². The molecule has 0 radical (unpaired) electrons. The Morgan fingerprint density at radius 2 is 2.21 bits per heavy atom. The molecule has 3 N–H and O–H groups in total. The van der Waals surface area contributed by atoms with Gasteiger partial charge < -0.3 is 11.1 Å². The second-order valence-corrected chi connectivity index (χ2v) is 4.59. The van der Waals surface area contributed by atoms with Crippen molar-refractivity contribution in [3.8, 4) is 0 Å². The summed E-state index contributed by atoms with van der Waals surface area (Å²) in [6.07, 6.45) is 4.40. The van der Waals surface area contributed by atoms with E-state index in [0.717, 1.165) is 11.6 Å². The maximum atomic E-state index is 5.62. The van der Waals surface area contributed by atoms with Gasteiger partial charge in [0.15, 0.2) is 0 Å². The van der Waals surface area contributed by atoms with Crippen molar-refractivity contribution in [1.82, 2.24) is 4.98 Å². The Morgan fingerprint density at radius 3 is 2.79 bits per heavy atom. The van der Waals surface area contributed by atoms with Gasteiger partial charge in [-0.2, -0.15) is 0 Å². The molecule has 1 saturated carbocycles. The number of hydrogen-bond acceptors (Lipinski definition) is 3. The number of nitrogens with zero attached hydrogens (tertiary/aromatic N) is 1. The third-order valence-corrected chi connectivity index (χ3v) is 2.85. The predicted molar refractivity (Wildman–Crippen MR) is 59.1 cm³/mol. The molecule has 0 spiro atoms. The van der Waals surface area contributed by atoms with Crippen LogP contribution in [-0.4, -0.2) is 10.5 Å². The SMILES string of the molecule is CC(C)(Nc1ccnc(N)c1)C1CC1. The van der Waals surface area contributed by atoms with E-state index in [-0.39, 0.29) is 5.54 Å². The zero-order valence-corrected chi connectivity index (χ0v) is 8.75. The van der Waals surface area contributed by atoms with E-state index in [0.29, 0.717) is 5.82 Å². The molecule has 1 aromatic heterocycles. The van der Waals surface area contributed by atoms with Gasteiger partial charge in [-0.3, -0.25) is 0 Å². The van der Waals surface area contributed by atoms with Crippen molar-refractivity contribution in [3.05, 3.63) is 18.3 Å². The monoisotopic (exact) mass is 191 g/mol. The molecule has 14 heavy (non-hydrogen) atoms. The van der Waals surface area contributed by atoms with Crippen LogP contribution < -0.4 is 11.1 Å². The minimum atomic E-state index is 0.174. The fourth-order valence-electron chi connectivity index (χ4n) is 1.81. The zero-order chi connectivity index (χ0) is 10.2. The van der Waals surface area contributed by atoms with Crippen LogP contribution >= 0.6 is 0 Å². The van der Waals surface area contributed by atoms with Crippen LogP contribution in [0.25, 0.3) is 0 Å². The lowest BCUT2D eigenvalue weighted by Crippen LogP contribution is -2.33. The second kappa shape index (κ2) is 3.15. The number of rotatable bonds is 3. The van der Waals surface area contributed by atoms with Crippen molar-refractivity contribution in [1.29, 1.82) is 0 Å². The largest absolute Gasteiger partial charge is 0.384 e. The Bertz CT molecular complexity index is 329. The molecule has 1 aromatic rings. The fourth-order valence-corrected chi connectivity index (χ4v) is 1.81. The molecule has 1 fully saturated rings. The van der Waals surface area contributed by atoms with Crippen LogP contribution in [0.5, 0.6) is 0 Å². The molecular weight excluding hydrogens is 174 g/mol. The Hall–Kier alpha value is -1.25. The van der Waals surface area contributed by atoms with Crippen LogP contribution in [0.1, 0.15) is 26.7 Å². The molecule has 0 atom stereocenters. The van der Waals surface area contributed by atoms with Gasteiger partial charge in [-0.25, -0.2) is 4.98 Å². The molecule has 1 aliphatic rings. The summed E-state index contributed by atoms with van der Waals surface area (Å²) >= 11 is 0. The summed E-state index contributed by atoms with van der Waals surface area (Å²) in [5, 5.41) is 3.50. The Balaban J connectivity index is 2.09. The van der Waals surface area contributed by atoms with Crippen molar-refractivity contribution in [2.45, 2.75) is 32.2 Å². The molecular formula is C11H17N3. The van der Waals surface area contributed by atoms with Gasteiger partial charge in [-0.15, -0.1) is 0 Å². The molecule has 0 aromatic carbocycles. The summed E-state index contributed by atoms with van der Waals surface area (Å²) < 4.78 is 0. The van der Waals surface area contributed by atoms with E-state index in [4.69, 9.17) is 5.73 Å². The molecule has 1 heterocycles.